The van der Waals surface area contributed by atoms with Crippen molar-refractivity contribution in [1.29, 1.82) is 0 Å². The van der Waals surface area contributed by atoms with E-state index in [2.05, 4.69) is 38.4 Å². The summed E-state index contributed by atoms with van der Waals surface area (Å²) in [5.74, 6) is 0.534. The van der Waals surface area contributed by atoms with E-state index < -0.39 is 11.9 Å². The van der Waals surface area contributed by atoms with Crippen LogP contribution >= 0.6 is 22.6 Å². The standard InChI is InChI=1S/C24H24F3IN2O3/c1-2-4-17-21(8-6-18-22(17)33-29-23(18)24(25,26)27)32-12-3-10-30-11-9-16-19(13-28)15(14-31)5-7-20(16)30/h5-9,11,31H,2-4,10,12-14H2,1H3. The van der Waals surface area contributed by atoms with E-state index in [9.17, 15) is 18.3 Å². The summed E-state index contributed by atoms with van der Waals surface area (Å²) in [7, 11) is 0. The maximum atomic E-state index is 13.2. The average Bonchev–Trinajstić information content (AvgIpc) is 3.41. The minimum Gasteiger partial charge on any atom is -0.493 e. The molecule has 0 spiro atoms. The Morgan fingerprint density at radius 3 is 2.64 bits per heavy atom. The second-order valence-corrected chi connectivity index (χ2v) is 8.60. The number of aliphatic hydroxyl groups is 1. The summed E-state index contributed by atoms with van der Waals surface area (Å²) in [6.07, 6.45) is -0.538. The third-order valence-electron chi connectivity index (χ3n) is 5.74. The molecule has 176 valence electrons. The normalized spacial score (nSPS) is 12.2. The van der Waals surface area contributed by atoms with Crippen molar-refractivity contribution >= 4 is 44.5 Å². The van der Waals surface area contributed by atoms with Crippen molar-refractivity contribution in [2.45, 2.75) is 49.9 Å². The maximum Gasteiger partial charge on any atom is 0.437 e. The third-order valence-corrected chi connectivity index (χ3v) is 6.50. The summed E-state index contributed by atoms with van der Waals surface area (Å²) in [5, 5.41) is 13.9. The Bertz CT molecular complexity index is 1260. The highest BCUT2D eigenvalue weighted by atomic mass is 127. The van der Waals surface area contributed by atoms with Gasteiger partial charge in [-0.1, -0.05) is 47.2 Å². The number of benzene rings is 2. The van der Waals surface area contributed by atoms with Crippen molar-refractivity contribution in [2.24, 2.45) is 0 Å². The molecule has 9 heteroatoms. The minimum atomic E-state index is -4.56. The molecule has 0 fully saturated rings. The summed E-state index contributed by atoms with van der Waals surface area (Å²) in [5.41, 5.74) is 2.95. The lowest BCUT2D eigenvalue weighted by Gasteiger charge is -2.13. The van der Waals surface area contributed by atoms with E-state index in [1.807, 2.05) is 25.3 Å². The van der Waals surface area contributed by atoms with Gasteiger partial charge < -0.3 is 18.9 Å². The maximum absolute atomic E-state index is 13.2. The van der Waals surface area contributed by atoms with Gasteiger partial charge in [-0.15, -0.1) is 0 Å². The fraction of sp³-hybridized carbons (Fsp3) is 0.375. The average molecular weight is 572 g/mol. The van der Waals surface area contributed by atoms with Crippen LogP contribution in [-0.4, -0.2) is 21.4 Å². The van der Waals surface area contributed by atoms with E-state index in [-0.39, 0.29) is 17.6 Å². The lowest BCUT2D eigenvalue weighted by molar-refractivity contribution is -0.141. The summed E-state index contributed by atoms with van der Waals surface area (Å²) in [4.78, 5) is 0. The van der Waals surface area contributed by atoms with Crippen LogP contribution in [0.4, 0.5) is 13.2 Å². The van der Waals surface area contributed by atoms with E-state index in [0.29, 0.717) is 24.3 Å². The first-order chi connectivity index (χ1) is 15.9. The van der Waals surface area contributed by atoms with E-state index in [4.69, 9.17) is 9.26 Å². The molecule has 0 unspecified atom stereocenters. The van der Waals surface area contributed by atoms with E-state index in [1.165, 1.54) is 6.07 Å². The molecule has 0 aliphatic rings. The molecule has 0 aliphatic heterocycles. The number of halogens is 4. The fourth-order valence-electron chi connectivity index (χ4n) is 4.16. The lowest BCUT2D eigenvalue weighted by atomic mass is 10.0. The molecule has 0 saturated heterocycles. The highest BCUT2D eigenvalue weighted by Gasteiger charge is 2.37. The molecule has 33 heavy (non-hydrogen) atoms. The monoisotopic (exact) mass is 572 g/mol. The topological polar surface area (TPSA) is 60.4 Å². The van der Waals surface area contributed by atoms with Crippen LogP contribution in [0.3, 0.4) is 0 Å². The number of alkyl halides is 4. The fourth-order valence-corrected chi connectivity index (χ4v) is 5.06. The van der Waals surface area contributed by atoms with Crippen LogP contribution in [0.1, 0.15) is 42.1 Å². The predicted octanol–water partition coefficient (Wildman–Crippen LogP) is 6.65. The number of rotatable bonds is 9. The summed E-state index contributed by atoms with van der Waals surface area (Å²) in [6, 6.07) is 8.99. The van der Waals surface area contributed by atoms with Crippen molar-refractivity contribution in [3.8, 4) is 5.75 Å². The van der Waals surface area contributed by atoms with E-state index >= 15 is 0 Å². The van der Waals surface area contributed by atoms with Gasteiger partial charge in [-0.25, -0.2) is 0 Å². The van der Waals surface area contributed by atoms with Crippen molar-refractivity contribution in [2.75, 3.05) is 6.61 Å². The van der Waals surface area contributed by atoms with Gasteiger partial charge >= 0.3 is 6.18 Å². The van der Waals surface area contributed by atoms with Gasteiger partial charge in [0.25, 0.3) is 0 Å². The first kappa shape index (κ1) is 23.9. The first-order valence-corrected chi connectivity index (χ1v) is 12.3. The molecule has 0 atom stereocenters. The molecule has 5 nitrogen and oxygen atoms in total. The zero-order chi connectivity index (χ0) is 23.6. The molecule has 0 bridgehead atoms. The molecule has 0 aliphatic carbocycles. The predicted molar refractivity (Wildman–Crippen MR) is 129 cm³/mol. The van der Waals surface area contributed by atoms with Gasteiger partial charge in [0.2, 0.25) is 0 Å². The van der Waals surface area contributed by atoms with Crippen molar-refractivity contribution in [3.05, 3.63) is 58.9 Å². The molecule has 4 aromatic rings. The zero-order valence-corrected chi connectivity index (χ0v) is 20.2. The molecular formula is C24H24F3IN2O3. The van der Waals surface area contributed by atoms with Crippen LogP contribution in [0, 0.1) is 0 Å². The Balaban J connectivity index is 1.49. The largest absolute Gasteiger partial charge is 0.493 e. The van der Waals surface area contributed by atoms with Crippen LogP contribution in [-0.2, 0) is 30.2 Å². The van der Waals surface area contributed by atoms with E-state index in [1.54, 1.807) is 6.07 Å². The molecule has 1 N–H and O–H groups in total. The third kappa shape index (κ3) is 4.70. The SMILES string of the molecule is CCCc1c(OCCCn2ccc3c(CI)c(CO)ccc32)ccc2c(C(F)(F)F)noc12. The van der Waals surface area contributed by atoms with E-state index in [0.717, 1.165) is 45.8 Å². The Kier molecular flexibility index (Phi) is 7.18. The van der Waals surface area contributed by atoms with Crippen LogP contribution < -0.4 is 4.74 Å². The van der Waals surface area contributed by atoms with Gasteiger partial charge in [0, 0.05) is 33.6 Å². The molecule has 0 amide bonds. The number of hydrogen-bond donors (Lipinski definition) is 1. The Hall–Kier alpha value is -2.27. The highest BCUT2D eigenvalue weighted by molar-refractivity contribution is 14.1. The number of aromatic nitrogens is 2. The summed E-state index contributed by atoms with van der Waals surface area (Å²) < 4.78 is 53.6. The number of aliphatic hydroxyl groups excluding tert-OH is 1. The van der Waals surface area contributed by atoms with Crippen LogP contribution in [0.5, 0.6) is 5.75 Å². The van der Waals surface area contributed by atoms with Crippen LogP contribution in [0.25, 0.3) is 21.9 Å². The van der Waals surface area contributed by atoms with Gasteiger partial charge in [-0.3, -0.25) is 0 Å². The van der Waals surface area contributed by atoms with Crippen LogP contribution in [0.15, 0.2) is 41.1 Å². The quantitative estimate of drug-likeness (QED) is 0.139. The van der Waals surface area contributed by atoms with Crippen molar-refractivity contribution in [3.63, 3.8) is 0 Å². The summed E-state index contributed by atoms with van der Waals surface area (Å²) in [6.45, 7) is 3.12. The van der Waals surface area contributed by atoms with Gasteiger partial charge in [0.1, 0.15) is 5.75 Å². The zero-order valence-electron chi connectivity index (χ0n) is 18.1. The number of ether oxygens (including phenoxy) is 1. The molecule has 2 aromatic heterocycles. The Morgan fingerprint density at radius 2 is 1.94 bits per heavy atom. The van der Waals surface area contributed by atoms with Gasteiger partial charge in [-0.05, 0) is 48.2 Å². The minimum absolute atomic E-state index is 0.0212. The molecule has 2 aromatic carbocycles. The Labute approximate surface area is 202 Å². The highest BCUT2D eigenvalue weighted by Crippen LogP contribution is 2.38. The smallest absolute Gasteiger partial charge is 0.437 e. The number of hydrogen-bond acceptors (Lipinski definition) is 4. The first-order valence-electron chi connectivity index (χ1n) is 10.8. The Morgan fingerprint density at radius 1 is 1.12 bits per heavy atom. The van der Waals surface area contributed by atoms with Gasteiger partial charge in [-0.2, -0.15) is 13.2 Å². The number of nitrogens with zero attached hydrogens (tertiary/aromatic N) is 2. The number of fused-ring (bicyclic) bond motifs is 2. The van der Waals surface area contributed by atoms with Crippen LogP contribution in [0.2, 0.25) is 0 Å². The molecule has 0 radical (unpaired) electrons. The molecule has 2 heterocycles. The molecular weight excluding hydrogens is 548 g/mol. The van der Waals surface area contributed by atoms with Crippen molar-refractivity contribution < 1.29 is 27.5 Å². The van der Waals surface area contributed by atoms with Gasteiger partial charge in [0.15, 0.2) is 11.3 Å². The molecule has 0 saturated carbocycles. The van der Waals surface area contributed by atoms with Gasteiger partial charge in [0.05, 0.1) is 18.6 Å². The second kappa shape index (κ2) is 9.92. The second-order valence-electron chi connectivity index (χ2n) is 7.84. The lowest BCUT2D eigenvalue weighted by Crippen LogP contribution is -2.06. The number of aryl methyl sites for hydroxylation is 2. The van der Waals surface area contributed by atoms with Crippen molar-refractivity contribution in [1.82, 2.24) is 9.72 Å². The summed E-state index contributed by atoms with van der Waals surface area (Å²) >= 11 is 2.31. The molecule has 4 rings (SSSR count).